The van der Waals surface area contributed by atoms with Crippen LogP contribution in [0.4, 0.5) is 13.2 Å². The summed E-state index contributed by atoms with van der Waals surface area (Å²) in [5.41, 5.74) is 1.66. The Labute approximate surface area is 145 Å². The van der Waals surface area contributed by atoms with E-state index in [1.807, 2.05) is 19.9 Å². The van der Waals surface area contributed by atoms with Crippen molar-refractivity contribution in [1.82, 2.24) is 4.90 Å². The van der Waals surface area contributed by atoms with Crippen molar-refractivity contribution >= 4 is 11.7 Å². The largest absolute Gasteiger partial charge is 0.471 e. The molecule has 0 N–H and O–H groups in total. The third-order valence-electron chi connectivity index (χ3n) is 6.51. The number of hydrogen-bond donors (Lipinski definition) is 0. The normalized spacial score (nSPS) is 27.6. The number of carbonyl (C=O) groups excluding carboxylic acids is 2. The summed E-state index contributed by atoms with van der Waals surface area (Å²) in [6.07, 6.45) is -4.07. The van der Waals surface area contributed by atoms with Crippen LogP contribution in [-0.4, -0.2) is 35.4 Å². The van der Waals surface area contributed by atoms with E-state index in [4.69, 9.17) is 0 Å². The van der Waals surface area contributed by atoms with Gasteiger partial charge in [0.25, 0.3) is 0 Å². The number of piperidine rings is 1. The van der Waals surface area contributed by atoms with Crippen molar-refractivity contribution in [2.45, 2.75) is 58.2 Å². The van der Waals surface area contributed by atoms with Gasteiger partial charge in [-0.25, -0.2) is 0 Å². The van der Waals surface area contributed by atoms with E-state index in [9.17, 15) is 22.8 Å². The molecule has 1 aromatic carbocycles. The maximum Gasteiger partial charge on any atom is 0.471 e. The van der Waals surface area contributed by atoms with Crippen LogP contribution in [0.1, 0.15) is 55.6 Å². The summed E-state index contributed by atoms with van der Waals surface area (Å²) in [5, 5.41) is 0. The molecule has 0 radical (unpaired) electrons. The summed E-state index contributed by atoms with van der Waals surface area (Å²) in [5.74, 6) is -1.84. The number of amides is 1. The highest BCUT2D eigenvalue weighted by Gasteiger charge is 2.59. The molecule has 2 bridgehead atoms. The second kappa shape index (κ2) is 5.32. The van der Waals surface area contributed by atoms with Crippen molar-refractivity contribution in [2.24, 2.45) is 5.41 Å². The Hall–Kier alpha value is -1.85. The van der Waals surface area contributed by atoms with E-state index in [1.165, 1.54) is 6.92 Å². The van der Waals surface area contributed by atoms with Crippen LogP contribution in [0.3, 0.4) is 0 Å². The molecule has 3 rings (SSSR count). The molecule has 1 fully saturated rings. The van der Waals surface area contributed by atoms with Gasteiger partial charge in [-0.1, -0.05) is 32.9 Å². The van der Waals surface area contributed by atoms with Gasteiger partial charge in [-0.3, -0.25) is 9.59 Å². The number of Topliss-reactive ketones (excluding diaryl/α,β-unsaturated/α-hetero) is 1. The Morgan fingerprint density at radius 2 is 1.84 bits per heavy atom. The summed E-state index contributed by atoms with van der Waals surface area (Å²) in [6, 6.07) is 4.95. The first-order valence-electron chi connectivity index (χ1n) is 8.42. The summed E-state index contributed by atoms with van der Waals surface area (Å²) >= 11 is 0. The molecule has 0 saturated carbocycles. The van der Waals surface area contributed by atoms with Crippen LogP contribution in [0.5, 0.6) is 0 Å². The second-order valence-corrected chi connectivity index (χ2v) is 7.95. The first kappa shape index (κ1) is 18.0. The zero-order valence-corrected chi connectivity index (χ0v) is 14.8. The monoisotopic (exact) mass is 353 g/mol. The number of nitrogens with zero attached hydrogens (tertiary/aromatic N) is 1. The first-order chi connectivity index (χ1) is 11.4. The lowest BCUT2D eigenvalue weighted by Gasteiger charge is -2.60. The van der Waals surface area contributed by atoms with Crippen LogP contribution < -0.4 is 0 Å². The molecule has 1 aromatic rings. The van der Waals surface area contributed by atoms with Crippen molar-refractivity contribution in [1.29, 1.82) is 0 Å². The molecule has 6 heteroatoms. The molecule has 1 aliphatic carbocycles. The fourth-order valence-electron chi connectivity index (χ4n) is 4.56. The van der Waals surface area contributed by atoms with E-state index in [0.29, 0.717) is 18.4 Å². The van der Waals surface area contributed by atoms with Crippen LogP contribution in [0.15, 0.2) is 18.2 Å². The predicted molar refractivity (Wildman–Crippen MR) is 87.5 cm³/mol. The first-order valence-corrected chi connectivity index (χ1v) is 8.42. The molecule has 1 heterocycles. The minimum absolute atomic E-state index is 0.0776. The third-order valence-corrected chi connectivity index (χ3v) is 6.51. The van der Waals surface area contributed by atoms with E-state index in [0.717, 1.165) is 16.0 Å². The Morgan fingerprint density at radius 3 is 2.40 bits per heavy atom. The molecule has 2 atom stereocenters. The van der Waals surface area contributed by atoms with Gasteiger partial charge in [0.15, 0.2) is 5.78 Å². The molecule has 1 amide bonds. The zero-order chi connectivity index (χ0) is 18.8. The van der Waals surface area contributed by atoms with Crippen molar-refractivity contribution in [3.63, 3.8) is 0 Å². The minimum atomic E-state index is -4.87. The summed E-state index contributed by atoms with van der Waals surface area (Å²) < 4.78 is 39.1. The van der Waals surface area contributed by atoms with E-state index in [-0.39, 0.29) is 17.7 Å². The van der Waals surface area contributed by atoms with E-state index in [2.05, 4.69) is 6.92 Å². The molecule has 1 aliphatic heterocycles. The van der Waals surface area contributed by atoms with Gasteiger partial charge in [0.05, 0.1) is 0 Å². The van der Waals surface area contributed by atoms with Gasteiger partial charge >= 0.3 is 12.1 Å². The highest BCUT2D eigenvalue weighted by Crippen LogP contribution is 2.56. The molecule has 1 unspecified atom stereocenters. The van der Waals surface area contributed by atoms with Gasteiger partial charge in [0.1, 0.15) is 0 Å². The van der Waals surface area contributed by atoms with Gasteiger partial charge in [-0.2, -0.15) is 13.2 Å². The zero-order valence-electron chi connectivity index (χ0n) is 14.8. The van der Waals surface area contributed by atoms with Crippen LogP contribution in [-0.2, 0) is 16.6 Å². The number of carbonyl (C=O) groups is 2. The lowest BCUT2D eigenvalue weighted by Crippen LogP contribution is -2.66. The average Bonchev–Trinajstić information content (AvgIpc) is 2.49. The van der Waals surface area contributed by atoms with Crippen LogP contribution in [0.25, 0.3) is 0 Å². The fourth-order valence-corrected chi connectivity index (χ4v) is 4.56. The van der Waals surface area contributed by atoms with Gasteiger partial charge in [-0.05, 0) is 42.4 Å². The van der Waals surface area contributed by atoms with E-state index < -0.39 is 23.5 Å². The number of fused-ring (bicyclic) bond motifs is 4. The third kappa shape index (κ3) is 2.49. The van der Waals surface area contributed by atoms with Crippen molar-refractivity contribution in [3.8, 4) is 0 Å². The van der Waals surface area contributed by atoms with Crippen molar-refractivity contribution in [3.05, 3.63) is 34.9 Å². The number of likely N-dealkylation sites (tertiary alicyclic amines) is 1. The molecular formula is C19H22F3NO2. The van der Waals surface area contributed by atoms with Gasteiger partial charge in [0.2, 0.25) is 0 Å². The number of rotatable bonds is 1. The van der Waals surface area contributed by atoms with E-state index in [1.54, 1.807) is 12.1 Å². The predicted octanol–water partition coefficient (Wildman–Crippen LogP) is 3.89. The van der Waals surface area contributed by atoms with E-state index >= 15 is 0 Å². The summed E-state index contributed by atoms with van der Waals surface area (Å²) in [7, 11) is 0. The topological polar surface area (TPSA) is 37.4 Å². The Balaban J connectivity index is 2.12. The lowest BCUT2D eigenvalue weighted by atomic mass is 9.51. The number of alkyl halides is 3. The van der Waals surface area contributed by atoms with Crippen LogP contribution in [0.2, 0.25) is 0 Å². The quantitative estimate of drug-likeness (QED) is 0.718. The SMILES string of the molecule is CC(=O)c1ccc2c(c1)C[C@H]1N(C(=O)C(F)(F)F)CCC2(C)C1(C)C. The molecule has 1 saturated heterocycles. The van der Waals surface area contributed by atoms with Gasteiger partial charge in [0, 0.05) is 23.6 Å². The molecule has 2 aliphatic rings. The Kier molecular flexibility index (Phi) is 3.82. The molecule has 0 spiro atoms. The number of benzene rings is 1. The maximum absolute atomic E-state index is 13.0. The van der Waals surface area contributed by atoms with Crippen LogP contribution >= 0.6 is 0 Å². The molecular weight excluding hydrogens is 331 g/mol. The van der Waals surface area contributed by atoms with Crippen molar-refractivity contribution < 1.29 is 22.8 Å². The minimum Gasteiger partial charge on any atom is -0.331 e. The Morgan fingerprint density at radius 1 is 1.20 bits per heavy atom. The molecule has 3 nitrogen and oxygen atoms in total. The van der Waals surface area contributed by atoms with Gasteiger partial charge < -0.3 is 4.90 Å². The van der Waals surface area contributed by atoms with Crippen molar-refractivity contribution in [2.75, 3.05) is 6.54 Å². The fraction of sp³-hybridized carbons (Fsp3) is 0.579. The Bertz CT molecular complexity index is 754. The highest BCUT2D eigenvalue weighted by atomic mass is 19.4. The number of hydrogen-bond acceptors (Lipinski definition) is 2. The highest BCUT2D eigenvalue weighted by molar-refractivity contribution is 5.94. The van der Waals surface area contributed by atoms with Crippen LogP contribution in [0, 0.1) is 5.41 Å². The molecule has 136 valence electrons. The average molecular weight is 353 g/mol. The smallest absolute Gasteiger partial charge is 0.331 e. The maximum atomic E-state index is 13.0. The standard InChI is InChI=1S/C19H22F3NO2/c1-11(24)12-5-6-14-13(9-12)10-15-17(2,3)18(14,4)7-8-23(15)16(25)19(20,21)22/h5-6,9,15H,7-8,10H2,1-4H3/t15-,18?/m1/s1. The summed E-state index contributed by atoms with van der Waals surface area (Å²) in [4.78, 5) is 24.6. The molecule has 0 aromatic heterocycles. The summed E-state index contributed by atoms with van der Waals surface area (Å²) in [6.45, 7) is 7.50. The van der Waals surface area contributed by atoms with Gasteiger partial charge in [-0.15, -0.1) is 0 Å². The number of ketones is 1. The molecule has 25 heavy (non-hydrogen) atoms. The number of halogens is 3. The second-order valence-electron chi connectivity index (χ2n) is 7.95. The lowest BCUT2D eigenvalue weighted by molar-refractivity contribution is -0.195.